The van der Waals surface area contributed by atoms with Crippen molar-refractivity contribution in [2.45, 2.75) is 70.9 Å². The molecule has 4 rings (SSSR count). The van der Waals surface area contributed by atoms with Crippen molar-refractivity contribution in [3.8, 4) is 11.5 Å². The molecule has 0 amide bonds. The number of piperidine rings is 1. The van der Waals surface area contributed by atoms with Crippen molar-refractivity contribution in [1.82, 2.24) is 4.90 Å². The lowest BCUT2D eigenvalue weighted by atomic mass is 9.74. The SMILES string of the molecule is COc1cc2c(cc1OC)[C@H]1C[C@@H](COC(=O)[C@H]3CCCC[C@@H]3N)[C@H](CC(C)C)CN1CC2. The van der Waals surface area contributed by atoms with Crippen molar-refractivity contribution >= 4 is 5.97 Å². The van der Waals surface area contributed by atoms with E-state index in [1.807, 2.05) is 0 Å². The van der Waals surface area contributed by atoms with Crippen LogP contribution in [0.25, 0.3) is 0 Å². The summed E-state index contributed by atoms with van der Waals surface area (Å²) < 4.78 is 17.1. The maximum atomic E-state index is 12.9. The monoisotopic (exact) mass is 458 g/mol. The molecule has 1 aromatic rings. The normalized spacial score (nSPS) is 29.8. The minimum Gasteiger partial charge on any atom is -0.493 e. The number of fused-ring (bicyclic) bond motifs is 3. The number of rotatable bonds is 7. The molecule has 1 aromatic carbocycles. The summed E-state index contributed by atoms with van der Waals surface area (Å²) in [6.07, 6.45) is 7.18. The van der Waals surface area contributed by atoms with Crippen molar-refractivity contribution in [2.75, 3.05) is 33.9 Å². The molecule has 184 valence electrons. The Hall–Kier alpha value is -1.79. The molecular weight excluding hydrogens is 416 g/mol. The minimum absolute atomic E-state index is 0.0489. The van der Waals surface area contributed by atoms with Gasteiger partial charge in [-0.2, -0.15) is 0 Å². The van der Waals surface area contributed by atoms with Gasteiger partial charge in [0.15, 0.2) is 11.5 Å². The van der Waals surface area contributed by atoms with E-state index >= 15 is 0 Å². The first kappa shape index (κ1) is 24.3. The summed E-state index contributed by atoms with van der Waals surface area (Å²) in [5.74, 6) is 2.90. The maximum Gasteiger partial charge on any atom is 0.310 e. The predicted molar refractivity (Wildman–Crippen MR) is 130 cm³/mol. The second kappa shape index (κ2) is 10.6. The molecule has 2 aliphatic heterocycles. The summed E-state index contributed by atoms with van der Waals surface area (Å²) >= 11 is 0. The molecular formula is C27H42N2O4. The van der Waals surface area contributed by atoms with Crippen LogP contribution in [-0.4, -0.2) is 50.8 Å². The Bertz CT molecular complexity index is 827. The standard InChI is InChI=1S/C27H42N2O4/c1-17(2)11-19-15-29-10-9-18-13-25(31-3)26(32-4)14-22(18)24(29)12-20(19)16-33-27(30)21-7-5-6-8-23(21)28/h13-14,17,19-21,23-24H,5-12,15-16,28H2,1-4H3/t19-,20+,21+,23+,24-/m1/s1. The summed E-state index contributed by atoms with van der Waals surface area (Å²) in [6.45, 7) is 7.21. The van der Waals surface area contributed by atoms with Crippen molar-refractivity contribution in [3.05, 3.63) is 23.3 Å². The first-order valence-electron chi connectivity index (χ1n) is 12.8. The Kier molecular flexibility index (Phi) is 7.85. The third-order valence-electron chi connectivity index (χ3n) is 8.11. The van der Waals surface area contributed by atoms with Crippen LogP contribution < -0.4 is 15.2 Å². The third-order valence-corrected chi connectivity index (χ3v) is 8.11. The summed E-state index contributed by atoms with van der Waals surface area (Å²) in [7, 11) is 3.39. The Morgan fingerprint density at radius 1 is 1.12 bits per heavy atom. The second-order valence-corrected chi connectivity index (χ2v) is 10.7. The van der Waals surface area contributed by atoms with Crippen LogP contribution in [-0.2, 0) is 16.0 Å². The number of benzene rings is 1. The predicted octanol–water partition coefficient (Wildman–Crippen LogP) is 4.35. The minimum atomic E-state index is -0.130. The van der Waals surface area contributed by atoms with Gasteiger partial charge in [0.05, 0.1) is 26.7 Å². The van der Waals surface area contributed by atoms with E-state index < -0.39 is 0 Å². The molecule has 3 aliphatic rings. The fraction of sp³-hybridized carbons (Fsp3) is 0.741. The van der Waals surface area contributed by atoms with Gasteiger partial charge in [0, 0.05) is 25.2 Å². The van der Waals surface area contributed by atoms with Crippen LogP contribution in [0.3, 0.4) is 0 Å². The van der Waals surface area contributed by atoms with Crippen LogP contribution in [0.5, 0.6) is 11.5 Å². The molecule has 5 atom stereocenters. The molecule has 1 saturated heterocycles. The second-order valence-electron chi connectivity index (χ2n) is 10.7. The first-order chi connectivity index (χ1) is 15.9. The number of methoxy groups -OCH3 is 2. The van der Waals surface area contributed by atoms with Gasteiger partial charge in [-0.05, 0) is 73.1 Å². The van der Waals surface area contributed by atoms with Crippen LogP contribution in [0, 0.1) is 23.7 Å². The summed E-state index contributed by atoms with van der Waals surface area (Å²) in [6, 6.07) is 4.59. The number of nitrogens with zero attached hydrogens (tertiary/aromatic N) is 1. The maximum absolute atomic E-state index is 12.9. The van der Waals surface area contributed by atoms with Crippen LogP contribution in [0.4, 0.5) is 0 Å². The van der Waals surface area contributed by atoms with Gasteiger partial charge < -0.3 is 19.9 Å². The molecule has 0 radical (unpaired) electrons. The van der Waals surface area contributed by atoms with Gasteiger partial charge in [0.2, 0.25) is 0 Å². The molecule has 33 heavy (non-hydrogen) atoms. The van der Waals surface area contributed by atoms with Crippen molar-refractivity contribution < 1.29 is 19.0 Å². The third kappa shape index (κ3) is 5.32. The first-order valence-corrected chi connectivity index (χ1v) is 12.8. The molecule has 1 saturated carbocycles. The molecule has 0 unspecified atom stereocenters. The average molecular weight is 459 g/mol. The van der Waals surface area contributed by atoms with E-state index in [9.17, 15) is 4.79 Å². The van der Waals surface area contributed by atoms with Crippen molar-refractivity contribution in [1.29, 1.82) is 0 Å². The lowest BCUT2D eigenvalue weighted by Crippen LogP contribution is -2.47. The van der Waals surface area contributed by atoms with Gasteiger partial charge in [-0.3, -0.25) is 9.69 Å². The van der Waals surface area contributed by atoms with Crippen molar-refractivity contribution in [3.63, 3.8) is 0 Å². The fourth-order valence-corrected chi connectivity index (χ4v) is 6.33. The largest absolute Gasteiger partial charge is 0.493 e. The topological polar surface area (TPSA) is 74.0 Å². The fourth-order valence-electron chi connectivity index (χ4n) is 6.33. The smallest absolute Gasteiger partial charge is 0.310 e. The van der Waals surface area contributed by atoms with Crippen molar-refractivity contribution in [2.24, 2.45) is 29.4 Å². The van der Waals surface area contributed by atoms with Crippen LogP contribution in [0.2, 0.25) is 0 Å². The van der Waals surface area contributed by atoms with E-state index in [0.717, 1.165) is 69.5 Å². The Balaban J connectivity index is 1.51. The zero-order chi connectivity index (χ0) is 23.5. The van der Waals surface area contributed by atoms with E-state index in [0.29, 0.717) is 30.4 Å². The van der Waals surface area contributed by atoms with Gasteiger partial charge in [-0.25, -0.2) is 0 Å². The van der Waals surface area contributed by atoms with E-state index in [1.165, 1.54) is 11.1 Å². The number of ether oxygens (including phenoxy) is 3. The molecule has 6 nitrogen and oxygen atoms in total. The lowest BCUT2D eigenvalue weighted by Gasteiger charge is -2.47. The van der Waals surface area contributed by atoms with Gasteiger partial charge in [-0.15, -0.1) is 0 Å². The number of carbonyl (C=O) groups is 1. The molecule has 2 fully saturated rings. The quantitative estimate of drug-likeness (QED) is 0.613. The number of hydrogen-bond acceptors (Lipinski definition) is 6. The Morgan fingerprint density at radius 3 is 2.55 bits per heavy atom. The zero-order valence-corrected chi connectivity index (χ0v) is 20.8. The van der Waals surface area contributed by atoms with Crippen LogP contribution >= 0.6 is 0 Å². The average Bonchev–Trinajstić information content (AvgIpc) is 2.81. The van der Waals surface area contributed by atoms with E-state index in [4.69, 9.17) is 19.9 Å². The summed E-state index contributed by atoms with van der Waals surface area (Å²) in [5.41, 5.74) is 8.93. The molecule has 2 heterocycles. The molecule has 1 aliphatic carbocycles. The highest BCUT2D eigenvalue weighted by Crippen LogP contribution is 2.45. The van der Waals surface area contributed by atoms with E-state index in [-0.39, 0.29) is 17.9 Å². The number of carbonyl (C=O) groups excluding carboxylic acids is 1. The van der Waals surface area contributed by atoms with Crippen LogP contribution in [0.15, 0.2) is 12.1 Å². The highest BCUT2D eigenvalue weighted by atomic mass is 16.5. The van der Waals surface area contributed by atoms with Crippen LogP contribution in [0.1, 0.15) is 69.5 Å². The number of hydrogen-bond donors (Lipinski definition) is 1. The van der Waals surface area contributed by atoms with Gasteiger partial charge in [0.25, 0.3) is 0 Å². The molecule has 0 bridgehead atoms. The number of esters is 1. The highest BCUT2D eigenvalue weighted by Gasteiger charge is 2.40. The highest BCUT2D eigenvalue weighted by molar-refractivity contribution is 5.73. The number of nitrogens with two attached hydrogens (primary N) is 1. The Morgan fingerprint density at radius 2 is 1.85 bits per heavy atom. The van der Waals surface area contributed by atoms with Gasteiger partial charge in [0.1, 0.15) is 0 Å². The molecule has 2 N–H and O–H groups in total. The lowest BCUT2D eigenvalue weighted by molar-refractivity contribution is -0.153. The molecule has 0 aromatic heterocycles. The van der Waals surface area contributed by atoms with E-state index in [2.05, 4.69) is 30.9 Å². The molecule has 0 spiro atoms. The molecule has 6 heteroatoms. The Labute approximate surface area is 199 Å². The van der Waals surface area contributed by atoms with E-state index in [1.54, 1.807) is 14.2 Å². The van der Waals surface area contributed by atoms with Gasteiger partial charge >= 0.3 is 5.97 Å². The van der Waals surface area contributed by atoms with Gasteiger partial charge in [-0.1, -0.05) is 26.7 Å². The zero-order valence-electron chi connectivity index (χ0n) is 20.8. The summed E-state index contributed by atoms with van der Waals surface area (Å²) in [4.78, 5) is 15.5. The summed E-state index contributed by atoms with van der Waals surface area (Å²) in [5, 5.41) is 0.